The van der Waals surface area contributed by atoms with Crippen LogP contribution in [0.4, 0.5) is 11.4 Å². The summed E-state index contributed by atoms with van der Waals surface area (Å²) < 4.78 is 0. The van der Waals surface area contributed by atoms with E-state index in [2.05, 4.69) is 92.9 Å². The van der Waals surface area contributed by atoms with Crippen LogP contribution >= 0.6 is 0 Å². The fourth-order valence-corrected chi connectivity index (χ4v) is 2.37. The molecule has 116 valence electrons. The molecule has 0 heterocycles. The Bertz CT molecular complexity index is 556. The van der Waals surface area contributed by atoms with Gasteiger partial charge in [0.05, 0.1) is 0 Å². The van der Waals surface area contributed by atoms with E-state index >= 15 is 0 Å². The van der Waals surface area contributed by atoms with Crippen LogP contribution < -0.4 is 9.80 Å². The van der Waals surface area contributed by atoms with E-state index in [4.69, 9.17) is 0 Å². The summed E-state index contributed by atoms with van der Waals surface area (Å²) >= 11 is 0. The van der Waals surface area contributed by atoms with Crippen LogP contribution in [0.25, 0.3) is 5.57 Å². The van der Waals surface area contributed by atoms with E-state index in [9.17, 15) is 0 Å². The molecule has 0 saturated heterocycles. The van der Waals surface area contributed by atoms with E-state index in [-0.39, 0.29) is 0 Å². The third-order valence-corrected chi connectivity index (χ3v) is 4.26. The lowest BCUT2D eigenvalue weighted by Gasteiger charge is -2.18. The highest BCUT2D eigenvalue weighted by Gasteiger charge is 2.05. The van der Waals surface area contributed by atoms with Crippen molar-refractivity contribution < 1.29 is 0 Å². The number of nitrogens with zero attached hydrogens (tertiary/aromatic N) is 2. The Balaban J connectivity index is 2.17. The van der Waals surface area contributed by atoms with Crippen LogP contribution in [0, 0.1) is 0 Å². The molecule has 0 N–H and O–H groups in total. The second-order valence-corrected chi connectivity index (χ2v) is 5.60. The average molecular weight is 294 g/mol. The zero-order chi connectivity index (χ0) is 16.1. The van der Waals surface area contributed by atoms with Crippen LogP contribution in [0.15, 0.2) is 55.1 Å². The molecule has 0 aromatic heterocycles. The second kappa shape index (κ2) is 7.17. The van der Waals surface area contributed by atoms with Gasteiger partial charge in [0.1, 0.15) is 0 Å². The van der Waals surface area contributed by atoms with Crippen LogP contribution in [0.5, 0.6) is 0 Å². The molecule has 0 atom stereocenters. The van der Waals surface area contributed by atoms with Crippen molar-refractivity contribution in [3.63, 3.8) is 0 Å². The molecule has 0 aliphatic carbocycles. The summed E-state index contributed by atoms with van der Waals surface area (Å²) in [6.45, 7) is 10.6. The molecule has 2 aromatic rings. The first-order valence-electron chi connectivity index (χ1n) is 7.88. The van der Waals surface area contributed by atoms with E-state index in [1.807, 2.05) is 0 Å². The highest BCUT2D eigenvalue weighted by Crippen LogP contribution is 2.25. The number of rotatable bonds is 6. The lowest BCUT2D eigenvalue weighted by Crippen LogP contribution is -2.15. The van der Waals surface area contributed by atoms with E-state index in [0.29, 0.717) is 0 Å². The molecule has 0 unspecified atom stereocenters. The van der Waals surface area contributed by atoms with Gasteiger partial charge in [0, 0.05) is 38.6 Å². The molecule has 0 spiro atoms. The van der Waals surface area contributed by atoms with Gasteiger partial charge in [0.2, 0.25) is 0 Å². The molecule has 0 aliphatic rings. The van der Waals surface area contributed by atoms with Gasteiger partial charge in [-0.05, 0) is 54.8 Å². The summed E-state index contributed by atoms with van der Waals surface area (Å²) in [7, 11) is 4.21. The summed E-state index contributed by atoms with van der Waals surface area (Å²) in [4.78, 5) is 4.45. The quantitative estimate of drug-likeness (QED) is 0.764. The molecule has 0 radical (unpaired) electrons. The monoisotopic (exact) mass is 294 g/mol. The Morgan fingerprint density at radius 2 is 1.05 bits per heavy atom. The van der Waals surface area contributed by atoms with Gasteiger partial charge < -0.3 is 9.80 Å². The minimum Gasteiger partial charge on any atom is -0.375 e. The highest BCUT2D eigenvalue weighted by molar-refractivity contribution is 5.79. The third kappa shape index (κ3) is 3.51. The van der Waals surface area contributed by atoms with Crippen molar-refractivity contribution >= 4 is 16.9 Å². The molecule has 0 amide bonds. The fourth-order valence-electron chi connectivity index (χ4n) is 2.37. The van der Waals surface area contributed by atoms with Crippen molar-refractivity contribution in [1.82, 2.24) is 0 Å². The average Bonchev–Trinajstić information content (AvgIpc) is 2.60. The molecule has 0 aliphatic heterocycles. The molecular weight excluding hydrogens is 268 g/mol. The largest absolute Gasteiger partial charge is 0.375 e. The number of hydrogen-bond acceptors (Lipinski definition) is 2. The van der Waals surface area contributed by atoms with Crippen molar-refractivity contribution in [2.24, 2.45) is 0 Å². The topological polar surface area (TPSA) is 6.48 Å². The van der Waals surface area contributed by atoms with Crippen LogP contribution in [-0.2, 0) is 0 Å². The van der Waals surface area contributed by atoms with E-state index < -0.39 is 0 Å². The van der Waals surface area contributed by atoms with Crippen molar-refractivity contribution in [2.75, 3.05) is 37.0 Å². The Morgan fingerprint density at radius 1 is 0.727 bits per heavy atom. The number of anilines is 2. The molecule has 22 heavy (non-hydrogen) atoms. The second-order valence-electron chi connectivity index (χ2n) is 5.60. The minimum absolute atomic E-state index is 1.01. The van der Waals surface area contributed by atoms with Crippen LogP contribution in [0.1, 0.15) is 25.0 Å². The lowest BCUT2D eigenvalue weighted by atomic mass is 9.99. The number of hydrogen-bond donors (Lipinski definition) is 0. The van der Waals surface area contributed by atoms with Gasteiger partial charge in [-0.3, -0.25) is 0 Å². The molecule has 0 bridgehead atoms. The number of benzene rings is 2. The van der Waals surface area contributed by atoms with Gasteiger partial charge >= 0.3 is 0 Å². The lowest BCUT2D eigenvalue weighted by molar-refractivity contribution is 0.968. The third-order valence-electron chi connectivity index (χ3n) is 4.26. The maximum absolute atomic E-state index is 4.26. The van der Waals surface area contributed by atoms with Gasteiger partial charge in [-0.1, -0.05) is 30.8 Å². The first-order chi connectivity index (χ1) is 10.6. The van der Waals surface area contributed by atoms with Crippen molar-refractivity contribution in [3.05, 3.63) is 66.2 Å². The summed E-state index contributed by atoms with van der Waals surface area (Å²) in [5, 5.41) is 0. The first-order valence-corrected chi connectivity index (χ1v) is 7.88. The summed E-state index contributed by atoms with van der Waals surface area (Å²) in [6, 6.07) is 17.2. The Hall–Kier alpha value is -2.22. The standard InChI is InChI=1S/C20H26N2/c1-6-21(4)19-12-8-17(9-13-19)16(3)18-10-14-20(15-11-18)22(5)7-2/h8-15H,3,6-7H2,1-2,4-5H3. The van der Waals surface area contributed by atoms with Gasteiger partial charge in [0.15, 0.2) is 0 Å². The van der Waals surface area contributed by atoms with Gasteiger partial charge in [-0.25, -0.2) is 0 Å². The van der Waals surface area contributed by atoms with Crippen molar-refractivity contribution in [1.29, 1.82) is 0 Å². The maximum Gasteiger partial charge on any atom is 0.0363 e. The molecule has 0 fully saturated rings. The van der Waals surface area contributed by atoms with Crippen molar-refractivity contribution in [2.45, 2.75) is 13.8 Å². The van der Waals surface area contributed by atoms with E-state index in [1.165, 1.54) is 22.5 Å². The molecular formula is C20H26N2. The van der Waals surface area contributed by atoms with Gasteiger partial charge in [-0.15, -0.1) is 0 Å². The molecule has 0 saturated carbocycles. The van der Waals surface area contributed by atoms with Crippen LogP contribution in [-0.4, -0.2) is 27.2 Å². The highest BCUT2D eigenvalue weighted by atomic mass is 15.1. The Kier molecular flexibility index (Phi) is 5.26. The van der Waals surface area contributed by atoms with Crippen LogP contribution in [0.3, 0.4) is 0 Å². The summed E-state index contributed by atoms with van der Waals surface area (Å²) in [6.07, 6.45) is 0. The fraction of sp³-hybridized carbons (Fsp3) is 0.300. The zero-order valence-electron chi connectivity index (χ0n) is 14.1. The maximum atomic E-state index is 4.26. The van der Waals surface area contributed by atoms with Gasteiger partial charge in [0.25, 0.3) is 0 Å². The predicted octanol–water partition coefficient (Wildman–Crippen LogP) is 4.66. The Morgan fingerprint density at radius 3 is 1.32 bits per heavy atom. The Labute approximate surface area is 134 Å². The SMILES string of the molecule is C=C(c1ccc(N(C)CC)cc1)c1ccc(N(C)CC)cc1. The van der Waals surface area contributed by atoms with E-state index in [0.717, 1.165) is 18.7 Å². The summed E-state index contributed by atoms with van der Waals surface area (Å²) in [5.74, 6) is 0. The zero-order valence-corrected chi connectivity index (χ0v) is 14.1. The smallest absolute Gasteiger partial charge is 0.0363 e. The molecule has 2 rings (SSSR count). The summed E-state index contributed by atoms with van der Waals surface area (Å²) in [5.41, 5.74) is 5.88. The van der Waals surface area contributed by atoms with Crippen molar-refractivity contribution in [3.8, 4) is 0 Å². The first kappa shape index (κ1) is 16.2. The minimum atomic E-state index is 1.01. The predicted molar refractivity (Wildman–Crippen MR) is 98.9 cm³/mol. The van der Waals surface area contributed by atoms with Gasteiger partial charge in [-0.2, -0.15) is 0 Å². The molecule has 2 nitrogen and oxygen atoms in total. The van der Waals surface area contributed by atoms with E-state index in [1.54, 1.807) is 0 Å². The normalized spacial score (nSPS) is 10.4. The molecule has 2 aromatic carbocycles. The van der Waals surface area contributed by atoms with Crippen LogP contribution in [0.2, 0.25) is 0 Å². The molecule has 2 heteroatoms.